The Balaban J connectivity index is 1.48. The summed E-state index contributed by atoms with van der Waals surface area (Å²) < 4.78 is 0. The SMILES string of the molecule is O=C(NC1CCC(O)CC1)[C@@H]1C[C@H]2CCCN2[C@]12C(=O)Nc1ccccc12. The van der Waals surface area contributed by atoms with Crippen LogP contribution in [0.3, 0.4) is 0 Å². The first kappa shape index (κ1) is 17.2. The van der Waals surface area contributed by atoms with Gasteiger partial charge in [0.2, 0.25) is 11.8 Å². The lowest BCUT2D eigenvalue weighted by Crippen LogP contribution is -2.55. The van der Waals surface area contributed by atoms with Gasteiger partial charge in [0.25, 0.3) is 0 Å². The minimum atomic E-state index is -0.865. The zero-order valence-electron chi connectivity index (χ0n) is 15.5. The molecule has 0 bridgehead atoms. The number of nitrogens with zero attached hydrogens (tertiary/aromatic N) is 1. The van der Waals surface area contributed by atoms with Gasteiger partial charge in [0, 0.05) is 23.3 Å². The van der Waals surface area contributed by atoms with Crippen molar-refractivity contribution < 1.29 is 14.7 Å². The van der Waals surface area contributed by atoms with Gasteiger partial charge in [-0.05, 0) is 57.6 Å². The van der Waals surface area contributed by atoms with E-state index in [9.17, 15) is 14.7 Å². The summed E-state index contributed by atoms with van der Waals surface area (Å²) in [7, 11) is 0. The highest BCUT2D eigenvalue weighted by atomic mass is 16.3. The molecule has 0 radical (unpaired) electrons. The van der Waals surface area contributed by atoms with Gasteiger partial charge in [0.1, 0.15) is 5.54 Å². The molecule has 1 aromatic rings. The zero-order valence-corrected chi connectivity index (χ0v) is 15.5. The van der Waals surface area contributed by atoms with Crippen molar-refractivity contribution in [1.29, 1.82) is 0 Å². The molecule has 6 heteroatoms. The Kier molecular flexibility index (Phi) is 4.02. The van der Waals surface area contributed by atoms with Gasteiger partial charge in [-0.2, -0.15) is 0 Å². The fourth-order valence-electron chi connectivity index (χ4n) is 5.90. The first-order valence-corrected chi connectivity index (χ1v) is 10.3. The Morgan fingerprint density at radius 1 is 1.19 bits per heavy atom. The third kappa shape index (κ3) is 2.46. The quantitative estimate of drug-likeness (QED) is 0.742. The summed E-state index contributed by atoms with van der Waals surface area (Å²) in [5.74, 6) is -0.414. The van der Waals surface area contributed by atoms with Crippen LogP contribution in [0.5, 0.6) is 0 Å². The van der Waals surface area contributed by atoms with Crippen molar-refractivity contribution in [2.75, 3.05) is 11.9 Å². The summed E-state index contributed by atoms with van der Waals surface area (Å²) in [4.78, 5) is 28.9. The van der Waals surface area contributed by atoms with Gasteiger partial charge in [0.15, 0.2) is 0 Å². The molecular formula is C21H27N3O3. The van der Waals surface area contributed by atoms with Crippen molar-refractivity contribution in [2.45, 2.75) is 68.7 Å². The Morgan fingerprint density at radius 3 is 2.78 bits per heavy atom. The molecule has 2 saturated heterocycles. The number of benzene rings is 1. The molecule has 2 amide bonds. The zero-order chi connectivity index (χ0) is 18.6. The van der Waals surface area contributed by atoms with E-state index in [0.717, 1.165) is 62.7 Å². The number of nitrogens with one attached hydrogen (secondary N) is 2. The molecule has 4 aliphatic rings. The number of hydrogen-bond acceptors (Lipinski definition) is 4. The second kappa shape index (κ2) is 6.31. The Bertz CT molecular complexity index is 774. The number of hydrogen-bond donors (Lipinski definition) is 3. The molecule has 3 N–H and O–H groups in total. The molecule has 3 fully saturated rings. The second-order valence-corrected chi connectivity index (χ2v) is 8.56. The molecule has 1 aromatic carbocycles. The third-order valence-electron chi connectivity index (χ3n) is 7.13. The predicted molar refractivity (Wildman–Crippen MR) is 101 cm³/mol. The lowest BCUT2D eigenvalue weighted by molar-refractivity contribution is -0.138. The van der Waals surface area contributed by atoms with E-state index in [1.54, 1.807) is 0 Å². The van der Waals surface area contributed by atoms with Gasteiger partial charge in [-0.15, -0.1) is 0 Å². The van der Waals surface area contributed by atoms with Gasteiger partial charge in [-0.25, -0.2) is 0 Å². The minimum Gasteiger partial charge on any atom is -0.393 e. The summed E-state index contributed by atoms with van der Waals surface area (Å²) >= 11 is 0. The highest BCUT2D eigenvalue weighted by Crippen LogP contribution is 2.55. The Morgan fingerprint density at radius 2 is 1.96 bits per heavy atom. The van der Waals surface area contributed by atoms with Gasteiger partial charge in [0.05, 0.1) is 12.0 Å². The van der Waals surface area contributed by atoms with Crippen LogP contribution in [0.25, 0.3) is 0 Å². The molecule has 144 valence electrons. The minimum absolute atomic E-state index is 0.00218. The van der Waals surface area contributed by atoms with Crippen LogP contribution in [0.4, 0.5) is 5.69 Å². The topological polar surface area (TPSA) is 81.7 Å². The third-order valence-corrected chi connectivity index (χ3v) is 7.13. The number of fused-ring (bicyclic) bond motifs is 4. The maximum absolute atomic E-state index is 13.4. The fraction of sp³-hybridized carbons (Fsp3) is 0.619. The Hall–Kier alpha value is -1.92. The van der Waals surface area contributed by atoms with Crippen LogP contribution in [0.15, 0.2) is 24.3 Å². The molecule has 1 spiro atoms. The van der Waals surface area contributed by atoms with E-state index in [1.165, 1.54) is 0 Å². The van der Waals surface area contributed by atoms with Crippen molar-refractivity contribution in [3.05, 3.63) is 29.8 Å². The van der Waals surface area contributed by atoms with Gasteiger partial charge in [-0.1, -0.05) is 18.2 Å². The van der Waals surface area contributed by atoms with Gasteiger partial charge >= 0.3 is 0 Å². The largest absolute Gasteiger partial charge is 0.393 e. The molecule has 3 atom stereocenters. The number of amides is 2. The van der Waals surface area contributed by atoms with Crippen molar-refractivity contribution in [1.82, 2.24) is 10.2 Å². The summed E-state index contributed by atoms with van der Waals surface area (Å²) in [6.45, 7) is 0.867. The monoisotopic (exact) mass is 369 g/mol. The molecule has 1 saturated carbocycles. The number of anilines is 1. The summed E-state index contributed by atoms with van der Waals surface area (Å²) in [6, 6.07) is 8.23. The molecule has 0 unspecified atom stereocenters. The maximum Gasteiger partial charge on any atom is 0.250 e. The molecule has 5 rings (SSSR count). The van der Waals surface area contributed by atoms with Crippen LogP contribution in [-0.2, 0) is 15.1 Å². The standard InChI is InChI=1S/C21H27N3O3/c25-15-9-7-13(8-10-15)22-19(26)17-12-14-4-3-11-24(14)21(17)16-5-1-2-6-18(16)23-20(21)27/h1-2,5-6,13-15,17,25H,3-4,7-12H2,(H,22,26)(H,23,27)/t13?,14-,15?,17+,21+/m1/s1. The number of rotatable bonds is 2. The van der Waals surface area contributed by atoms with Crippen molar-refractivity contribution in [2.24, 2.45) is 5.92 Å². The Labute approximate surface area is 159 Å². The van der Waals surface area contributed by atoms with E-state index in [4.69, 9.17) is 0 Å². The summed E-state index contributed by atoms with van der Waals surface area (Å²) in [5, 5.41) is 16.0. The van der Waals surface area contributed by atoms with E-state index < -0.39 is 5.54 Å². The molecule has 6 nitrogen and oxygen atoms in total. The number of carbonyl (C=O) groups excluding carboxylic acids is 2. The van der Waals surface area contributed by atoms with Crippen molar-refractivity contribution in [3.8, 4) is 0 Å². The molecule has 3 heterocycles. The van der Waals surface area contributed by atoms with E-state index in [0.29, 0.717) is 6.04 Å². The average Bonchev–Trinajstić information content (AvgIpc) is 3.32. The number of carbonyl (C=O) groups is 2. The van der Waals surface area contributed by atoms with Crippen LogP contribution in [0.1, 0.15) is 50.5 Å². The highest BCUT2D eigenvalue weighted by Gasteiger charge is 2.65. The molecule has 27 heavy (non-hydrogen) atoms. The van der Waals surface area contributed by atoms with Crippen LogP contribution in [0.2, 0.25) is 0 Å². The molecular weight excluding hydrogens is 342 g/mol. The average molecular weight is 369 g/mol. The van der Waals surface area contributed by atoms with Crippen molar-refractivity contribution >= 4 is 17.5 Å². The lowest BCUT2D eigenvalue weighted by Gasteiger charge is -2.37. The normalized spacial score (nSPS) is 37.9. The van der Waals surface area contributed by atoms with E-state index in [1.807, 2.05) is 24.3 Å². The van der Waals surface area contributed by atoms with Gasteiger partial charge in [-0.3, -0.25) is 14.5 Å². The number of aliphatic hydroxyl groups is 1. The van der Waals surface area contributed by atoms with Crippen LogP contribution < -0.4 is 10.6 Å². The number of para-hydroxylation sites is 1. The van der Waals surface area contributed by atoms with Crippen LogP contribution >= 0.6 is 0 Å². The first-order chi connectivity index (χ1) is 13.1. The second-order valence-electron chi connectivity index (χ2n) is 8.56. The van der Waals surface area contributed by atoms with E-state index in [2.05, 4.69) is 15.5 Å². The summed E-state index contributed by atoms with van der Waals surface area (Å²) in [6.07, 6.45) is 5.72. The van der Waals surface area contributed by atoms with E-state index >= 15 is 0 Å². The van der Waals surface area contributed by atoms with E-state index in [-0.39, 0.29) is 29.9 Å². The molecule has 0 aromatic heterocycles. The summed E-state index contributed by atoms with van der Waals surface area (Å²) in [5.41, 5.74) is 0.933. The number of aliphatic hydroxyl groups excluding tert-OH is 1. The lowest BCUT2D eigenvalue weighted by atomic mass is 9.78. The first-order valence-electron chi connectivity index (χ1n) is 10.3. The van der Waals surface area contributed by atoms with Crippen LogP contribution in [0, 0.1) is 5.92 Å². The maximum atomic E-state index is 13.4. The smallest absolute Gasteiger partial charge is 0.250 e. The van der Waals surface area contributed by atoms with Crippen LogP contribution in [-0.4, -0.2) is 46.6 Å². The van der Waals surface area contributed by atoms with Gasteiger partial charge < -0.3 is 15.7 Å². The highest BCUT2D eigenvalue weighted by molar-refractivity contribution is 6.09. The predicted octanol–water partition coefficient (Wildman–Crippen LogP) is 1.74. The van der Waals surface area contributed by atoms with Crippen molar-refractivity contribution in [3.63, 3.8) is 0 Å². The molecule has 1 aliphatic carbocycles. The molecule has 3 aliphatic heterocycles. The fourth-order valence-corrected chi connectivity index (χ4v) is 5.90.